The number of aryl methyl sites for hydroxylation is 1. The van der Waals surface area contributed by atoms with Gasteiger partial charge in [0, 0.05) is 25.8 Å². The minimum atomic E-state index is -0.157. The molecule has 1 unspecified atom stereocenters. The third kappa shape index (κ3) is 2.82. The second kappa shape index (κ2) is 4.65. The summed E-state index contributed by atoms with van der Waals surface area (Å²) in [5, 5.41) is 6.16. The van der Waals surface area contributed by atoms with Crippen LogP contribution >= 0.6 is 0 Å². The van der Waals surface area contributed by atoms with Gasteiger partial charge < -0.3 is 15.2 Å². The van der Waals surface area contributed by atoms with Crippen LogP contribution in [-0.2, 0) is 18.4 Å². The van der Waals surface area contributed by atoms with Crippen molar-refractivity contribution in [2.45, 2.75) is 38.4 Å². The lowest BCUT2D eigenvalue weighted by atomic mass is 10.3. The predicted octanol–water partition coefficient (Wildman–Crippen LogP) is 0.177. The molecule has 1 heterocycles. The summed E-state index contributed by atoms with van der Waals surface area (Å²) in [5.74, 6) is 0.0877. The summed E-state index contributed by atoms with van der Waals surface area (Å²) in [6, 6.07) is 0.268. The van der Waals surface area contributed by atoms with Crippen LogP contribution in [0, 0.1) is 0 Å². The molecule has 1 aromatic rings. The van der Waals surface area contributed by atoms with Gasteiger partial charge >= 0.3 is 0 Å². The van der Waals surface area contributed by atoms with Crippen molar-refractivity contribution in [2.75, 3.05) is 0 Å². The summed E-state index contributed by atoms with van der Waals surface area (Å²) in [6.45, 7) is 2.55. The number of amides is 1. The molecule has 1 aliphatic rings. The molecule has 1 aliphatic carbocycles. The highest BCUT2D eigenvalue weighted by Crippen LogP contribution is 2.18. The van der Waals surface area contributed by atoms with Gasteiger partial charge in [-0.15, -0.1) is 0 Å². The zero-order valence-corrected chi connectivity index (χ0v) is 9.73. The van der Waals surface area contributed by atoms with Crippen molar-refractivity contribution in [2.24, 2.45) is 7.05 Å². The van der Waals surface area contributed by atoms with Gasteiger partial charge in [0.05, 0.1) is 18.1 Å². The summed E-state index contributed by atoms with van der Waals surface area (Å²) in [7, 11) is 1.94. The predicted molar refractivity (Wildman–Crippen MR) is 60.7 cm³/mol. The highest BCUT2D eigenvalue weighted by atomic mass is 16.2. The molecule has 0 aliphatic heterocycles. The van der Waals surface area contributed by atoms with Gasteiger partial charge in [0.2, 0.25) is 5.91 Å². The molecular formula is C11H18N4O. The van der Waals surface area contributed by atoms with Crippen LogP contribution in [0.4, 0.5) is 0 Å². The molecule has 1 aromatic heterocycles. The highest BCUT2D eigenvalue weighted by molar-refractivity contribution is 5.81. The third-order valence-corrected chi connectivity index (χ3v) is 2.82. The molecule has 88 valence electrons. The number of nitrogens with zero attached hydrogens (tertiary/aromatic N) is 2. The van der Waals surface area contributed by atoms with E-state index in [2.05, 4.69) is 15.6 Å². The van der Waals surface area contributed by atoms with Gasteiger partial charge in [-0.2, -0.15) is 0 Å². The quantitative estimate of drug-likeness (QED) is 0.747. The smallest absolute Gasteiger partial charge is 0.237 e. The summed E-state index contributed by atoms with van der Waals surface area (Å²) >= 11 is 0. The Labute approximate surface area is 95.2 Å². The Balaban J connectivity index is 1.76. The van der Waals surface area contributed by atoms with Gasteiger partial charge in [0.15, 0.2) is 0 Å². The molecule has 1 saturated carbocycles. The van der Waals surface area contributed by atoms with Gasteiger partial charge in [0.1, 0.15) is 0 Å². The summed E-state index contributed by atoms with van der Waals surface area (Å²) in [6.07, 6.45) is 5.81. The minimum absolute atomic E-state index is 0.0877. The van der Waals surface area contributed by atoms with E-state index in [4.69, 9.17) is 0 Å². The average Bonchev–Trinajstić information content (AvgIpc) is 2.97. The Morgan fingerprint density at radius 1 is 1.69 bits per heavy atom. The van der Waals surface area contributed by atoms with Crippen molar-refractivity contribution in [3.05, 3.63) is 18.2 Å². The monoisotopic (exact) mass is 222 g/mol. The number of rotatable bonds is 5. The van der Waals surface area contributed by atoms with E-state index in [0.29, 0.717) is 12.6 Å². The van der Waals surface area contributed by atoms with Crippen molar-refractivity contribution in [1.82, 2.24) is 20.2 Å². The molecule has 2 N–H and O–H groups in total. The molecule has 1 amide bonds. The van der Waals surface area contributed by atoms with Crippen LogP contribution in [0.2, 0.25) is 0 Å². The van der Waals surface area contributed by atoms with Gasteiger partial charge in [-0.05, 0) is 19.8 Å². The van der Waals surface area contributed by atoms with E-state index in [1.807, 2.05) is 18.5 Å². The van der Waals surface area contributed by atoms with Crippen LogP contribution in [-0.4, -0.2) is 27.5 Å². The van der Waals surface area contributed by atoms with Crippen LogP contribution in [0.3, 0.4) is 0 Å². The van der Waals surface area contributed by atoms with Gasteiger partial charge in [-0.1, -0.05) is 0 Å². The first kappa shape index (κ1) is 11.1. The first-order valence-electron chi connectivity index (χ1n) is 5.66. The maximum atomic E-state index is 11.6. The molecular weight excluding hydrogens is 204 g/mol. The van der Waals surface area contributed by atoms with E-state index in [-0.39, 0.29) is 11.9 Å². The zero-order valence-electron chi connectivity index (χ0n) is 9.73. The number of hydrogen-bond donors (Lipinski definition) is 2. The molecule has 0 aromatic carbocycles. The Kier molecular flexibility index (Phi) is 3.24. The molecule has 5 nitrogen and oxygen atoms in total. The molecule has 0 bridgehead atoms. The van der Waals surface area contributed by atoms with E-state index >= 15 is 0 Å². The van der Waals surface area contributed by atoms with E-state index < -0.39 is 0 Å². The van der Waals surface area contributed by atoms with Crippen LogP contribution in [0.15, 0.2) is 12.5 Å². The highest BCUT2D eigenvalue weighted by Gasteiger charge is 2.25. The largest absolute Gasteiger partial charge is 0.352 e. The number of hydrogen-bond acceptors (Lipinski definition) is 3. The average molecular weight is 222 g/mol. The fraction of sp³-hybridized carbons (Fsp3) is 0.636. The first-order valence-corrected chi connectivity index (χ1v) is 5.66. The van der Waals surface area contributed by atoms with Crippen molar-refractivity contribution in [3.63, 3.8) is 0 Å². The number of aromatic nitrogens is 2. The lowest BCUT2D eigenvalue weighted by Gasteiger charge is -2.13. The second-order valence-corrected chi connectivity index (χ2v) is 4.38. The fourth-order valence-corrected chi connectivity index (χ4v) is 1.46. The van der Waals surface area contributed by atoms with E-state index in [1.165, 1.54) is 0 Å². The van der Waals surface area contributed by atoms with E-state index in [0.717, 1.165) is 18.5 Å². The van der Waals surface area contributed by atoms with E-state index in [1.54, 1.807) is 12.5 Å². The van der Waals surface area contributed by atoms with E-state index in [9.17, 15) is 4.79 Å². The normalized spacial score (nSPS) is 17.1. The second-order valence-electron chi connectivity index (χ2n) is 4.38. The van der Waals surface area contributed by atoms with Gasteiger partial charge in [0.25, 0.3) is 0 Å². The fourth-order valence-electron chi connectivity index (χ4n) is 1.46. The number of carbonyl (C=O) groups excluding carboxylic acids is 1. The molecule has 1 atom stereocenters. The summed E-state index contributed by atoms with van der Waals surface area (Å²) in [5.41, 5.74) is 1.08. The van der Waals surface area contributed by atoms with Crippen molar-refractivity contribution < 1.29 is 4.79 Å². The maximum Gasteiger partial charge on any atom is 0.237 e. The summed E-state index contributed by atoms with van der Waals surface area (Å²) in [4.78, 5) is 15.7. The topological polar surface area (TPSA) is 59.0 Å². The first-order chi connectivity index (χ1) is 7.66. The van der Waals surface area contributed by atoms with Crippen LogP contribution in [0.5, 0.6) is 0 Å². The van der Waals surface area contributed by atoms with Crippen molar-refractivity contribution in [1.29, 1.82) is 0 Å². The standard InChI is InChI=1S/C11H18N4O/c1-8(11(16)14-9-3-4-9)13-6-10-5-12-7-15(10)2/h5,7-9,13H,3-4,6H2,1-2H3,(H,14,16). The molecule has 2 rings (SSSR count). The van der Waals surface area contributed by atoms with Crippen molar-refractivity contribution in [3.8, 4) is 0 Å². The van der Waals surface area contributed by atoms with Crippen LogP contribution < -0.4 is 10.6 Å². The Hall–Kier alpha value is -1.36. The Morgan fingerprint density at radius 3 is 3.00 bits per heavy atom. The molecule has 1 fully saturated rings. The molecule has 0 saturated heterocycles. The SMILES string of the molecule is CC(NCc1cncn1C)C(=O)NC1CC1. The van der Waals surface area contributed by atoms with Gasteiger partial charge in [-0.3, -0.25) is 4.79 Å². The maximum absolute atomic E-state index is 11.6. The van der Waals surface area contributed by atoms with Crippen LogP contribution in [0.1, 0.15) is 25.5 Å². The molecule has 5 heteroatoms. The Bertz CT molecular complexity index is 370. The lowest BCUT2D eigenvalue weighted by Crippen LogP contribution is -2.42. The number of carbonyl (C=O) groups is 1. The van der Waals surface area contributed by atoms with Gasteiger partial charge in [-0.25, -0.2) is 4.98 Å². The molecule has 16 heavy (non-hydrogen) atoms. The van der Waals surface area contributed by atoms with Crippen molar-refractivity contribution >= 4 is 5.91 Å². The summed E-state index contributed by atoms with van der Waals surface area (Å²) < 4.78 is 1.94. The third-order valence-electron chi connectivity index (χ3n) is 2.82. The van der Waals surface area contributed by atoms with Crippen LogP contribution in [0.25, 0.3) is 0 Å². The molecule has 0 radical (unpaired) electrons. The molecule has 0 spiro atoms. The minimum Gasteiger partial charge on any atom is -0.352 e. The number of imidazole rings is 1. The Morgan fingerprint density at radius 2 is 2.44 bits per heavy atom. The zero-order chi connectivity index (χ0) is 11.5. The number of nitrogens with one attached hydrogen (secondary N) is 2. The lowest BCUT2D eigenvalue weighted by molar-refractivity contribution is -0.122.